The quantitative estimate of drug-likeness (QED) is 0.781. The fourth-order valence-corrected chi connectivity index (χ4v) is 4.22. The van der Waals surface area contributed by atoms with E-state index < -0.39 is 0 Å². The average Bonchev–Trinajstić information content (AvgIpc) is 2.72. The van der Waals surface area contributed by atoms with Crippen molar-refractivity contribution in [3.8, 4) is 0 Å². The van der Waals surface area contributed by atoms with Crippen LogP contribution in [0.5, 0.6) is 0 Å². The topological polar surface area (TPSA) is 36.0 Å². The number of piperazine rings is 1. The number of aryl methyl sites for hydroxylation is 1. The lowest BCUT2D eigenvalue weighted by Gasteiger charge is -2.40. The summed E-state index contributed by atoms with van der Waals surface area (Å²) in [6, 6.07) is 8.65. The van der Waals surface area contributed by atoms with Gasteiger partial charge >= 0.3 is 0 Å². The molecule has 0 saturated carbocycles. The van der Waals surface area contributed by atoms with Gasteiger partial charge in [-0.1, -0.05) is 25.1 Å². The van der Waals surface area contributed by atoms with Gasteiger partial charge in [-0.05, 0) is 37.4 Å². The van der Waals surface area contributed by atoms with E-state index >= 15 is 0 Å². The molecule has 2 fully saturated rings. The third-order valence-electron chi connectivity index (χ3n) is 5.77. The van der Waals surface area contributed by atoms with Gasteiger partial charge in [0.2, 0.25) is 5.91 Å². The molecule has 2 aliphatic heterocycles. The number of likely N-dealkylation sites (tertiary alicyclic amines) is 1. The van der Waals surface area contributed by atoms with Crippen molar-refractivity contribution in [1.29, 1.82) is 0 Å². The number of carbonyl (C=O) groups is 1. The highest BCUT2D eigenvalue weighted by Crippen LogP contribution is 2.24. The molecule has 0 N–H and O–H groups in total. The first-order valence-electron chi connectivity index (χ1n) is 10.1. The zero-order valence-electron chi connectivity index (χ0n) is 16.3. The second-order valence-corrected chi connectivity index (χ2v) is 7.43. The summed E-state index contributed by atoms with van der Waals surface area (Å²) in [4.78, 5) is 19.9. The van der Waals surface area contributed by atoms with Crippen LogP contribution in [0.2, 0.25) is 0 Å². The molecule has 1 amide bonds. The number of rotatable bonds is 6. The van der Waals surface area contributed by atoms with Crippen molar-refractivity contribution in [2.45, 2.75) is 26.2 Å². The molecule has 0 bridgehead atoms. The number of benzene rings is 1. The first kappa shape index (κ1) is 19.2. The fourth-order valence-electron chi connectivity index (χ4n) is 4.22. The standard InChI is InChI=1S/C21H33N3O2/c1-3-18-7-4-5-9-20(18)23-11-13-24(14-12-23)21(25)19-8-6-10-22(17-19)15-16-26-2/h4-5,7,9,19H,3,6,8,10-17H2,1-2H3/t19-/m1/s1. The second kappa shape index (κ2) is 9.38. The first-order valence-corrected chi connectivity index (χ1v) is 10.1. The molecule has 1 aromatic rings. The summed E-state index contributed by atoms with van der Waals surface area (Å²) >= 11 is 0. The van der Waals surface area contributed by atoms with Crippen molar-refractivity contribution >= 4 is 11.6 Å². The van der Waals surface area contributed by atoms with E-state index in [9.17, 15) is 4.79 Å². The molecule has 0 unspecified atom stereocenters. The minimum absolute atomic E-state index is 0.162. The van der Waals surface area contributed by atoms with E-state index in [0.717, 1.165) is 71.7 Å². The van der Waals surface area contributed by atoms with Gasteiger partial charge in [0.05, 0.1) is 12.5 Å². The molecule has 3 rings (SSSR count). The molecular weight excluding hydrogens is 326 g/mol. The molecule has 5 nitrogen and oxygen atoms in total. The summed E-state index contributed by atoms with van der Waals surface area (Å²) in [7, 11) is 1.74. The number of carbonyl (C=O) groups excluding carboxylic acids is 1. The summed E-state index contributed by atoms with van der Waals surface area (Å²) in [5.41, 5.74) is 2.74. The van der Waals surface area contributed by atoms with Crippen LogP contribution in [0.4, 0.5) is 5.69 Å². The average molecular weight is 360 g/mol. The maximum atomic E-state index is 13.0. The molecule has 0 radical (unpaired) electrons. The SMILES string of the molecule is CCc1ccccc1N1CCN(C(=O)[C@@H]2CCCN(CCOC)C2)CC1. The number of nitrogens with zero attached hydrogens (tertiary/aromatic N) is 3. The summed E-state index contributed by atoms with van der Waals surface area (Å²) < 4.78 is 5.19. The highest BCUT2D eigenvalue weighted by Gasteiger charge is 2.31. The van der Waals surface area contributed by atoms with Crippen molar-refractivity contribution < 1.29 is 9.53 Å². The number of hydrogen-bond donors (Lipinski definition) is 0. The number of amides is 1. The molecule has 2 aliphatic rings. The predicted octanol–water partition coefficient (Wildman–Crippen LogP) is 2.26. The van der Waals surface area contributed by atoms with Crippen LogP contribution in [0.15, 0.2) is 24.3 Å². The Kier molecular flexibility index (Phi) is 6.92. The van der Waals surface area contributed by atoms with Gasteiger partial charge in [-0.15, -0.1) is 0 Å². The number of piperidine rings is 1. The Morgan fingerprint density at radius 1 is 1.15 bits per heavy atom. The van der Waals surface area contributed by atoms with Crippen LogP contribution in [-0.2, 0) is 16.0 Å². The smallest absolute Gasteiger partial charge is 0.227 e. The van der Waals surface area contributed by atoms with Crippen molar-refractivity contribution in [3.05, 3.63) is 29.8 Å². The lowest BCUT2D eigenvalue weighted by molar-refractivity contribution is -0.137. The third-order valence-corrected chi connectivity index (χ3v) is 5.77. The maximum Gasteiger partial charge on any atom is 0.227 e. The zero-order valence-corrected chi connectivity index (χ0v) is 16.3. The Labute approximate surface area is 157 Å². The molecular formula is C21H33N3O2. The van der Waals surface area contributed by atoms with Gasteiger partial charge in [0, 0.05) is 52.1 Å². The van der Waals surface area contributed by atoms with Gasteiger partial charge in [-0.3, -0.25) is 4.79 Å². The van der Waals surface area contributed by atoms with Gasteiger partial charge in [-0.2, -0.15) is 0 Å². The Balaban J connectivity index is 1.53. The lowest BCUT2D eigenvalue weighted by Crippen LogP contribution is -2.53. The van der Waals surface area contributed by atoms with E-state index in [2.05, 4.69) is 45.9 Å². The minimum atomic E-state index is 0.162. The molecule has 2 heterocycles. The van der Waals surface area contributed by atoms with Gasteiger partial charge in [0.25, 0.3) is 0 Å². The summed E-state index contributed by atoms with van der Waals surface area (Å²) in [6.45, 7) is 9.41. The molecule has 144 valence electrons. The van der Waals surface area contributed by atoms with Gasteiger partial charge in [0.15, 0.2) is 0 Å². The number of ether oxygens (including phenoxy) is 1. The normalized spacial score (nSPS) is 21.8. The highest BCUT2D eigenvalue weighted by molar-refractivity contribution is 5.79. The molecule has 0 aliphatic carbocycles. The van der Waals surface area contributed by atoms with E-state index in [1.54, 1.807) is 7.11 Å². The van der Waals surface area contributed by atoms with Crippen molar-refractivity contribution in [2.75, 3.05) is 64.4 Å². The molecule has 2 saturated heterocycles. The van der Waals surface area contributed by atoms with E-state index in [1.807, 2.05) is 0 Å². The second-order valence-electron chi connectivity index (χ2n) is 7.43. The van der Waals surface area contributed by atoms with Gasteiger partial charge in [0.1, 0.15) is 0 Å². The Hall–Kier alpha value is -1.59. The number of hydrogen-bond acceptors (Lipinski definition) is 4. The van der Waals surface area contributed by atoms with Crippen LogP contribution in [0.1, 0.15) is 25.3 Å². The van der Waals surface area contributed by atoms with Crippen LogP contribution < -0.4 is 4.90 Å². The van der Waals surface area contributed by atoms with Crippen molar-refractivity contribution in [1.82, 2.24) is 9.80 Å². The summed E-state index contributed by atoms with van der Waals surface area (Å²) in [5, 5.41) is 0. The van der Waals surface area contributed by atoms with Crippen LogP contribution in [-0.4, -0.2) is 75.2 Å². The molecule has 5 heteroatoms. The molecule has 1 aromatic carbocycles. The van der Waals surface area contributed by atoms with E-state index in [4.69, 9.17) is 4.74 Å². The van der Waals surface area contributed by atoms with E-state index in [-0.39, 0.29) is 5.92 Å². The van der Waals surface area contributed by atoms with Crippen molar-refractivity contribution in [2.24, 2.45) is 5.92 Å². The fraction of sp³-hybridized carbons (Fsp3) is 0.667. The largest absolute Gasteiger partial charge is 0.383 e. The number of para-hydroxylation sites is 1. The van der Waals surface area contributed by atoms with Crippen LogP contribution in [0.25, 0.3) is 0 Å². The lowest BCUT2D eigenvalue weighted by atomic mass is 9.96. The maximum absolute atomic E-state index is 13.0. The van der Waals surface area contributed by atoms with Crippen LogP contribution in [0, 0.1) is 5.92 Å². The first-order chi connectivity index (χ1) is 12.7. The summed E-state index contributed by atoms with van der Waals surface area (Å²) in [5.74, 6) is 0.519. The van der Waals surface area contributed by atoms with Crippen LogP contribution in [0.3, 0.4) is 0 Å². The molecule has 26 heavy (non-hydrogen) atoms. The van der Waals surface area contributed by atoms with Gasteiger partial charge in [-0.25, -0.2) is 0 Å². The summed E-state index contributed by atoms with van der Waals surface area (Å²) in [6.07, 6.45) is 3.19. The van der Waals surface area contributed by atoms with Gasteiger partial charge < -0.3 is 19.4 Å². The van der Waals surface area contributed by atoms with Crippen LogP contribution >= 0.6 is 0 Å². The van der Waals surface area contributed by atoms with E-state index in [1.165, 1.54) is 11.3 Å². The zero-order chi connectivity index (χ0) is 18.4. The van der Waals surface area contributed by atoms with Crippen molar-refractivity contribution in [3.63, 3.8) is 0 Å². The highest BCUT2D eigenvalue weighted by atomic mass is 16.5. The number of methoxy groups -OCH3 is 1. The third kappa shape index (κ3) is 4.57. The Morgan fingerprint density at radius 3 is 2.65 bits per heavy atom. The number of anilines is 1. The van der Waals surface area contributed by atoms with E-state index in [0.29, 0.717) is 5.91 Å². The molecule has 1 atom stereocenters. The molecule has 0 spiro atoms. The monoisotopic (exact) mass is 359 g/mol. The Morgan fingerprint density at radius 2 is 1.92 bits per heavy atom. The predicted molar refractivity (Wildman–Crippen MR) is 106 cm³/mol. The molecule has 0 aromatic heterocycles. The Bertz CT molecular complexity index is 584. The minimum Gasteiger partial charge on any atom is -0.383 e.